The van der Waals surface area contributed by atoms with Gasteiger partial charge in [0.15, 0.2) is 0 Å². The van der Waals surface area contributed by atoms with Gasteiger partial charge in [0.1, 0.15) is 10.9 Å². The lowest BCUT2D eigenvalue weighted by Crippen LogP contribution is -2.40. The first kappa shape index (κ1) is 15.7. The van der Waals surface area contributed by atoms with E-state index in [9.17, 15) is 18.3 Å². The number of carboxylic acids is 1. The maximum atomic E-state index is 12.5. The summed E-state index contributed by atoms with van der Waals surface area (Å²) in [5.74, 6) is -1.34. The van der Waals surface area contributed by atoms with E-state index in [1.165, 1.54) is 12.1 Å². The molecule has 2 atom stereocenters. The second-order valence-electron chi connectivity index (χ2n) is 4.58. The number of carbonyl (C=O) groups is 1. The molecule has 1 aromatic rings. The van der Waals surface area contributed by atoms with Crippen molar-refractivity contribution in [3.63, 3.8) is 0 Å². The van der Waals surface area contributed by atoms with Gasteiger partial charge >= 0.3 is 5.97 Å². The number of rotatable bonds is 3. The number of nitrogens with zero attached hydrogens (tertiary/aromatic N) is 2. The molecule has 1 saturated heterocycles. The van der Waals surface area contributed by atoms with Crippen LogP contribution in [-0.2, 0) is 14.8 Å². The first-order chi connectivity index (χ1) is 9.77. The van der Waals surface area contributed by atoms with E-state index in [4.69, 9.17) is 22.0 Å². The van der Waals surface area contributed by atoms with Crippen LogP contribution in [0.3, 0.4) is 0 Å². The largest absolute Gasteiger partial charge is 0.480 e. The Bertz CT molecular complexity index is 728. The van der Waals surface area contributed by atoms with E-state index in [1.54, 1.807) is 6.07 Å². The van der Waals surface area contributed by atoms with Crippen LogP contribution in [0.15, 0.2) is 23.1 Å². The van der Waals surface area contributed by atoms with E-state index in [0.717, 1.165) is 6.07 Å². The van der Waals surface area contributed by atoms with Gasteiger partial charge in [0.25, 0.3) is 0 Å². The maximum Gasteiger partial charge on any atom is 0.322 e. The van der Waals surface area contributed by atoms with Gasteiger partial charge in [0, 0.05) is 13.0 Å². The second-order valence-corrected chi connectivity index (χ2v) is 6.84. The molecule has 0 bridgehead atoms. The van der Waals surface area contributed by atoms with Gasteiger partial charge in [-0.2, -0.15) is 9.57 Å². The van der Waals surface area contributed by atoms with Gasteiger partial charge in [-0.1, -0.05) is 11.6 Å². The molecular weight excluding hydrogens is 320 g/mol. The minimum absolute atomic E-state index is 0.0876. The number of halogens is 1. The van der Waals surface area contributed by atoms with Gasteiger partial charge in [-0.05, 0) is 18.2 Å². The molecule has 0 aliphatic carbocycles. The first-order valence-corrected chi connectivity index (χ1v) is 7.71. The summed E-state index contributed by atoms with van der Waals surface area (Å²) in [4.78, 5) is 10.8. The van der Waals surface area contributed by atoms with Gasteiger partial charge in [-0.25, -0.2) is 8.42 Å². The molecule has 0 saturated carbocycles. The highest BCUT2D eigenvalue weighted by molar-refractivity contribution is 7.89. The number of benzene rings is 1. The van der Waals surface area contributed by atoms with Crippen molar-refractivity contribution in [2.75, 3.05) is 6.54 Å². The highest BCUT2D eigenvalue weighted by Crippen LogP contribution is 2.31. The SMILES string of the molecule is N#Cc1ccc(Cl)c(S(=O)(=O)N2C[C@H](O)C[C@H]2C(=O)O)c1. The minimum atomic E-state index is -4.22. The van der Waals surface area contributed by atoms with E-state index in [2.05, 4.69) is 0 Å². The van der Waals surface area contributed by atoms with Crippen LogP contribution >= 0.6 is 11.6 Å². The molecule has 1 heterocycles. The Morgan fingerprint density at radius 3 is 2.71 bits per heavy atom. The molecule has 112 valence electrons. The average molecular weight is 331 g/mol. The third-order valence-corrected chi connectivity index (χ3v) is 5.52. The summed E-state index contributed by atoms with van der Waals surface area (Å²) in [5.41, 5.74) is 0.0876. The molecule has 0 radical (unpaired) electrons. The number of hydrogen-bond donors (Lipinski definition) is 2. The number of β-amino-alcohol motifs (C(OH)–C–C–N with tert-alkyl or cyclic N) is 1. The van der Waals surface area contributed by atoms with Crippen LogP contribution in [0, 0.1) is 11.3 Å². The topological polar surface area (TPSA) is 119 Å². The van der Waals surface area contributed by atoms with Crippen molar-refractivity contribution in [2.24, 2.45) is 0 Å². The Morgan fingerprint density at radius 2 is 2.14 bits per heavy atom. The highest BCUT2D eigenvalue weighted by atomic mass is 35.5. The zero-order valence-electron chi connectivity index (χ0n) is 10.6. The van der Waals surface area contributed by atoms with Crippen molar-refractivity contribution in [1.82, 2.24) is 4.31 Å². The van der Waals surface area contributed by atoms with E-state index in [-0.39, 0.29) is 28.4 Å². The molecule has 21 heavy (non-hydrogen) atoms. The summed E-state index contributed by atoms with van der Waals surface area (Å²) in [7, 11) is -4.22. The molecule has 1 aromatic carbocycles. The molecule has 2 N–H and O–H groups in total. The molecular formula is C12H11ClN2O5S. The molecule has 0 aromatic heterocycles. The van der Waals surface area contributed by atoms with Crippen molar-refractivity contribution >= 4 is 27.6 Å². The third-order valence-electron chi connectivity index (χ3n) is 3.17. The van der Waals surface area contributed by atoms with Crippen molar-refractivity contribution < 1.29 is 23.4 Å². The molecule has 0 amide bonds. The molecule has 0 unspecified atom stereocenters. The number of nitriles is 1. The van der Waals surface area contributed by atoms with Crippen LogP contribution < -0.4 is 0 Å². The van der Waals surface area contributed by atoms with Crippen LogP contribution in [0.25, 0.3) is 0 Å². The fourth-order valence-electron chi connectivity index (χ4n) is 2.17. The number of aliphatic carboxylic acids is 1. The second kappa shape index (κ2) is 5.61. The Morgan fingerprint density at radius 1 is 1.48 bits per heavy atom. The Balaban J connectivity index is 2.52. The van der Waals surface area contributed by atoms with Crippen molar-refractivity contribution in [3.8, 4) is 6.07 Å². The highest BCUT2D eigenvalue weighted by Gasteiger charge is 2.44. The Hall–Kier alpha value is -1.66. The fraction of sp³-hybridized carbons (Fsp3) is 0.333. The number of aliphatic hydroxyl groups excluding tert-OH is 1. The van der Waals surface area contributed by atoms with Crippen LogP contribution in [0.4, 0.5) is 0 Å². The summed E-state index contributed by atoms with van der Waals surface area (Å²) < 4.78 is 25.8. The lowest BCUT2D eigenvalue weighted by Gasteiger charge is -2.21. The van der Waals surface area contributed by atoms with Gasteiger partial charge in [-0.3, -0.25) is 4.79 Å². The molecule has 1 fully saturated rings. The van der Waals surface area contributed by atoms with E-state index < -0.39 is 28.1 Å². The van der Waals surface area contributed by atoms with Crippen LogP contribution in [0.1, 0.15) is 12.0 Å². The fourth-order valence-corrected chi connectivity index (χ4v) is 4.30. The van der Waals surface area contributed by atoms with Crippen molar-refractivity contribution in [2.45, 2.75) is 23.5 Å². The van der Waals surface area contributed by atoms with Gasteiger partial charge < -0.3 is 10.2 Å². The lowest BCUT2D eigenvalue weighted by atomic mass is 10.2. The molecule has 9 heteroatoms. The van der Waals surface area contributed by atoms with E-state index >= 15 is 0 Å². The summed E-state index contributed by atoms with van der Waals surface area (Å²) in [6.07, 6.45) is -1.25. The van der Waals surface area contributed by atoms with Gasteiger partial charge in [-0.15, -0.1) is 0 Å². The third kappa shape index (κ3) is 2.87. The monoisotopic (exact) mass is 330 g/mol. The number of hydrogen-bond acceptors (Lipinski definition) is 5. The Labute approximate surface area is 126 Å². The van der Waals surface area contributed by atoms with Gasteiger partial charge in [0.05, 0.1) is 22.8 Å². The minimum Gasteiger partial charge on any atom is -0.480 e. The van der Waals surface area contributed by atoms with E-state index in [0.29, 0.717) is 4.31 Å². The van der Waals surface area contributed by atoms with Crippen molar-refractivity contribution in [3.05, 3.63) is 28.8 Å². The molecule has 2 rings (SSSR count). The van der Waals surface area contributed by atoms with Gasteiger partial charge in [0.2, 0.25) is 10.0 Å². The average Bonchev–Trinajstić information content (AvgIpc) is 2.82. The standard InChI is InChI=1S/C12H11ClN2O5S/c13-9-2-1-7(5-14)3-11(9)21(19,20)15-6-8(16)4-10(15)12(17)18/h1-3,8,10,16H,4,6H2,(H,17,18)/t8-,10+/m1/s1. The van der Waals surface area contributed by atoms with Crippen molar-refractivity contribution in [1.29, 1.82) is 5.26 Å². The molecule has 1 aliphatic rings. The molecule has 0 spiro atoms. The summed E-state index contributed by atoms with van der Waals surface area (Å²) in [6.45, 7) is -0.327. The van der Waals surface area contributed by atoms with Crippen LogP contribution in [0.2, 0.25) is 5.02 Å². The number of aliphatic hydroxyl groups is 1. The summed E-state index contributed by atoms with van der Waals surface area (Å²) >= 11 is 5.85. The molecule has 7 nitrogen and oxygen atoms in total. The predicted octanol–water partition coefficient (Wildman–Crippen LogP) is 0.420. The molecule has 1 aliphatic heterocycles. The smallest absolute Gasteiger partial charge is 0.322 e. The maximum absolute atomic E-state index is 12.5. The first-order valence-electron chi connectivity index (χ1n) is 5.89. The zero-order chi connectivity index (χ0) is 15.8. The number of sulfonamides is 1. The summed E-state index contributed by atoms with van der Waals surface area (Å²) in [5, 5.41) is 27.3. The van der Waals surface area contributed by atoms with Crippen LogP contribution in [0.5, 0.6) is 0 Å². The van der Waals surface area contributed by atoms with E-state index in [1.807, 2.05) is 0 Å². The Kier molecular flexibility index (Phi) is 4.20. The van der Waals surface area contributed by atoms with Crippen LogP contribution in [-0.4, -0.2) is 47.6 Å². The number of carboxylic acid groups (broad SMARTS) is 1. The quantitative estimate of drug-likeness (QED) is 0.829. The predicted molar refractivity (Wildman–Crippen MR) is 72.1 cm³/mol. The summed E-state index contributed by atoms with van der Waals surface area (Å²) in [6, 6.07) is 4.14. The zero-order valence-corrected chi connectivity index (χ0v) is 12.2. The lowest BCUT2D eigenvalue weighted by molar-refractivity contribution is -0.140. The normalized spacial score (nSPS) is 22.9.